The van der Waals surface area contributed by atoms with E-state index < -0.39 is 5.97 Å². The number of hydrogen-bond donors (Lipinski definition) is 1. The van der Waals surface area contributed by atoms with Gasteiger partial charge in [-0.1, -0.05) is 17.8 Å². The molecule has 2 rings (SSSR count). The average Bonchev–Trinajstić information content (AvgIpc) is 2.65. The predicted octanol–water partition coefficient (Wildman–Crippen LogP) is 2.27. The van der Waals surface area contributed by atoms with Crippen LogP contribution in [-0.4, -0.2) is 20.6 Å². The summed E-state index contributed by atoms with van der Waals surface area (Å²) in [6.45, 7) is 0. The number of hydrogen-bond acceptors (Lipinski definition) is 3. The maximum Gasteiger partial charge on any atom is 0.335 e. The molecular weight excluding hydrogens is 224 g/mol. The summed E-state index contributed by atoms with van der Waals surface area (Å²) in [4.78, 5) is 15.8. The summed E-state index contributed by atoms with van der Waals surface area (Å²) in [6.07, 6.45) is 3.56. The highest BCUT2D eigenvalue weighted by Crippen LogP contribution is 2.26. The van der Waals surface area contributed by atoms with Crippen LogP contribution in [0, 0.1) is 0 Å². The molecule has 5 heteroatoms. The third-order valence-electron chi connectivity index (χ3n) is 2.07. The minimum Gasteiger partial charge on any atom is -0.478 e. The number of rotatable bonds is 3. The number of aromatic carboxylic acids is 1. The van der Waals surface area contributed by atoms with Gasteiger partial charge in [-0.15, -0.1) is 0 Å². The maximum atomic E-state index is 10.8. The molecule has 0 atom stereocenters. The Morgan fingerprint density at radius 1 is 1.50 bits per heavy atom. The van der Waals surface area contributed by atoms with Gasteiger partial charge in [0.1, 0.15) is 0 Å². The first-order chi connectivity index (χ1) is 7.66. The summed E-state index contributed by atoms with van der Waals surface area (Å²) < 4.78 is 1.89. The van der Waals surface area contributed by atoms with Crippen LogP contribution in [0.4, 0.5) is 0 Å². The normalized spacial score (nSPS) is 10.3. The van der Waals surface area contributed by atoms with E-state index in [1.165, 1.54) is 11.8 Å². The van der Waals surface area contributed by atoms with Gasteiger partial charge in [0.25, 0.3) is 0 Å². The van der Waals surface area contributed by atoms with Crippen molar-refractivity contribution >= 4 is 17.7 Å². The smallest absolute Gasteiger partial charge is 0.335 e. The molecule has 0 saturated heterocycles. The molecule has 0 spiro atoms. The molecule has 2 aromatic rings. The SMILES string of the molecule is Cn1ccnc1Sc1cccc(C(=O)O)c1. The molecule has 4 nitrogen and oxygen atoms in total. The first-order valence-corrected chi connectivity index (χ1v) is 5.47. The Kier molecular flexibility index (Phi) is 2.96. The lowest BCUT2D eigenvalue weighted by molar-refractivity contribution is 0.0696. The summed E-state index contributed by atoms with van der Waals surface area (Å²) in [6, 6.07) is 6.81. The summed E-state index contributed by atoms with van der Waals surface area (Å²) in [5.74, 6) is -0.915. The molecule has 0 aliphatic carbocycles. The standard InChI is InChI=1S/C11H10N2O2S/c1-13-6-5-12-11(13)16-9-4-2-3-8(7-9)10(14)15/h2-7H,1H3,(H,14,15). The van der Waals surface area contributed by atoms with Crippen LogP contribution < -0.4 is 0 Å². The zero-order chi connectivity index (χ0) is 11.5. The van der Waals surface area contributed by atoms with Crippen LogP contribution in [0.5, 0.6) is 0 Å². The van der Waals surface area contributed by atoms with Crippen molar-refractivity contribution in [1.29, 1.82) is 0 Å². The van der Waals surface area contributed by atoms with E-state index in [1.807, 2.05) is 23.9 Å². The van der Waals surface area contributed by atoms with Crippen molar-refractivity contribution in [2.24, 2.45) is 7.05 Å². The van der Waals surface area contributed by atoms with Crippen molar-refractivity contribution in [3.63, 3.8) is 0 Å². The minimum atomic E-state index is -0.915. The number of aromatic nitrogens is 2. The summed E-state index contributed by atoms with van der Waals surface area (Å²) in [5.41, 5.74) is 0.291. The monoisotopic (exact) mass is 234 g/mol. The van der Waals surface area contributed by atoms with Crippen LogP contribution in [0.2, 0.25) is 0 Å². The number of aryl methyl sites for hydroxylation is 1. The Bertz CT molecular complexity index is 522. The number of carboxylic acids is 1. The molecule has 1 N–H and O–H groups in total. The fraction of sp³-hybridized carbons (Fsp3) is 0.0909. The van der Waals surface area contributed by atoms with Gasteiger partial charge in [-0.05, 0) is 18.2 Å². The lowest BCUT2D eigenvalue weighted by Crippen LogP contribution is -1.95. The molecule has 0 saturated carbocycles. The number of carboxylic acid groups (broad SMARTS) is 1. The van der Waals surface area contributed by atoms with Gasteiger partial charge in [0.15, 0.2) is 5.16 Å². The van der Waals surface area contributed by atoms with Gasteiger partial charge in [-0.25, -0.2) is 9.78 Å². The molecule has 16 heavy (non-hydrogen) atoms. The lowest BCUT2D eigenvalue weighted by atomic mass is 10.2. The predicted molar refractivity (Wildman–Crippen MR) is 60.7 cm³/mol. The molecule has 1 aromatic carbocycles. The molecule has 0 aliphatic rings. The highest BCUT2D eigenvalue weighted by molar-refractivity contribution is 7.99. The zero-order valence-corrected chi connectivity index (χ0v) is 9.44. The van der Waals surface area contributed by atoms with Crippen LogP contribution in [0.1, 0.15) is 10.4 Å². The van der Waals surface area contributed by atoms with Crippen LogP contribution in [0.3, 0.4) is 0 Å². The van der Waals surface area contributed by atoms with Gasteiger partial charge in [0.05, 0.1) is 5.56 Å². The summed E-state index contributed by atoms with van der Waals surface area (Å²) in [7, 11) is 1.90. The largest absolute Gasteiger partial charge is 0.478 e. The number of imidazole rings is 1. The second-order valence-electron chi connectivity index (χ2n) is 3.26. The van der Waals surface area contributed by atoms with Crippen molar-refractivity contribution in [3.05, 3.63) is 42.2 Å². The third-order valence-corrected chi connectivity index (χ3v) is 3.13. The Morgan fingerprint density at radius 2 is 2.31 bits per heavy atom. The van der Waals surface area contributed by atoms with E-state index in [2.05, 4.69) is 4.98 Å². The maximum absolute atomic E-state index is 10.8. The van der Waals surface area contributed by atoms with Crippen LogP contribution in [0.25, 0.3) is 0 Å². The second-order valence-corrected chi connectivity index (χ2v) is 4.30. The molecule has 0 amide bonds. The first-order valence-electron chi connectivity index (χ1n) is 4.65. The number of benzene rings is 1. The van der Waals surface area contributed by atoms with E-state index in [4.69, 9.17) is 5.11 Å². The summed E-state index contributed by atoms with van der Waals surface area (Å²) in [5, 5.41) is 9.70. The Labute approximate surface area is 96.9 Å². The van der Waals surface area contributed by atoms with Gasteiger partial charge in [-0.2, -0.15) is 0 Å². The van der Waals surface area contributed by atoms with Crippen molar-refractivity contribution in [3.8, 4) is 0 Å². The average molecular weight is 234 g/mol. The molecule has 0 bridgehead atoms. The van der Waals surface area contributed by atoms with E-state index in [0.717, 1.165) is 10.1 Å². The Balaban J connectivity index is 2.25. The van der Waals surface area contributed by atoms with E-state index in [-0.39, 0.29) is 0 Å². The second kappa shape index (κ2) is 4.40. The van der Waals surface area contributed by atoms with E-state index >= 15 is 0 Å². The van der Waals surface area contributed by atoms with Gasteiger partial charge in [-0.3, -0.25) is 0 Å². The third kappa shape index (κ3) is 2.25. The molecule has 1 heterocycles. The van der Waals surface area contributed by atoms with Gasteiger partial charge in [0.2, 0.25) is 0 Å². The van der Waals surface area contributed by atoms with E-state index in [0.29, 0.717) is 5.56 Å². The van der Waals surface area contributed by atoms with Crippen molar-refractivity contribution in [2.75, 3.05) is 0 Å². The van der Waals surface area contributed by atoms with Crippen LogP contribution in [-0.2, 0) is 7.05 Å². The van der Waals surface area contributed by atoms with Crippen LogP contribution >= 0.6 is 11.8 Å². The minimum absolute atomic E-state index is 0.291. The first kappa shape index (κ1) is 10.8. The Morgan fingerprint density at radius 3 is 2.94 bits per heavy atom. The van der Waals surface area contributed by atoms with E-state index in [1.54, 1.807) is 24.4 Å². The number of carbonyl (C=O) groups is 1. The highest BCUT2D eigenvalue weighted by atomic mass is 32.2. The molecule has 1 aromatic heterocycles. The molecule has 82 valence electrons. The highest BCUT2D eigenvalue weighted by Gasteiger charge is 2.06. The molecule has 0 unspecified atom stereocenters. The van der Waals surface area contributed by atoms with Gasteiger partial charge in [0, 0.05) is 24.3 Å². The van der Waals surface area contributed by atoms with Crippen LogP contribution in [0.15, 0.2) is 46.7 Å². The van der Waals surface area contributed by atoms with Crippen molar-refractivity contribution < 1.29 is 9.90 Å². The fourth-order valence-corrected chi connectivity index (χ4v) is 2.11. The van der Waals surface area contributed by atoms with Crippen molar-refractivity contribution in [2.45, 2.75) is 10.1 Å². The van der Waals surface area contributed by atoms with Gasteiger partial charge >= 0.3 is 5.97 Å². The lowest BCUT2D eigenvalue weighted by Gasteiger charge is -2.02. The molecule has 0 fully saturated rings. The zero-order valence-electron chi connectivity index (χ0n) is 8.62. The Hall–Kier alpha value is -1.75. The molecule has 0 aliphatic heterocycles. The summed E-state index contributed by atoms with van der Waals surface area (Å²) >= 11 is 1.44. The molecular formula is C11H10N2O2S. The van der Waals surface area contributed by atoms with E-state index in [9.17, 15) is 4.79 Å². The quantitative estimate of drug-likeness (QED) is 0.885. The fourth-order valence-electron chi connectivity index (χ4n) is 1.25. The number of nitrogens with zero attached hydrogens (tertiary/aromatic N) is 2. The van der Waals surface area contributed by atoms with Gasteiger partial charge < -0.3 is 9.67 Å². The topological polar surface area (TPSA) is 55.1 Å². The van der Waals surface area contributed by atoms with Crippen molar-refractivity contribution in [1.82, 2.24) is 9.55 Å². The molecule has 0 radical (unpaired) electrons.